The van der Waals surface area contributed by atoms with Gasteiger partial charge in [-0.05, 0) is 56.0 Å². The van der Waals surface area contributed by atoms with Crippen molar-refractivity contribution in [3.8, 4) is 11.5 Å². The van der Waals surface area contributed by atoms with E-state index in [1.165, 1.54) is 5.56 Å². The molecule has 6 heteroatoms. The number of carbonyl (C=O) groups is 2. The van der Waals surface area contributed by atoms with Gasteiger partial charge in [-0.25, -0.2) is 0 Å². The number of nitrogens with one attached hydrogen (secondary N) is 2. The molecule has 0 spiro atoms. The third-order valence-electron chi connectivity index (χ3n) is 4.24. The molecule has 1 unspecified atom stereocenters. The van der Waals surface area contributed by atoms with Gasteiger partial charge in [0.25, 0.3) is 11.8 Å². The van der Waals surface area contributed by atoms with Crippen molar-refractivity contribution in [2.24, 2.45) is 0 Å². The topological polar surface area (TPSA) is 76.7 Å². The van der Waals surface area contributed by atoms with Gasteiger partial charge in [0.2, 0.25) is 0 Å². The number of amides is 2. The van der Waals surface area contributed by atoms with Crippen molar-refractivity contribution in [1.82, 2.24) is 10.9 Å². The summed E-state index contributed by atoms with van der Waals surface area (Å²) in [7, 11) is 0. The van der Waals surface area contributed by atoms with Crippen molar-refractivity contribution < 1.29 is 19.1 Å². The lowest BCUT2D eigenvalue weighted by Crippen LogP contribution is -2.48. The number of hydrazine groups is 1. The van der Waals surface area contributed by atoms with Crippen molar-refractivity contribution in [3.05, 3.63) is 59.2 Å². The fraction of sp³-hybridized carbons (Fsp3) is 0.364. The maximum atomic E-state index is 12.1. The Morgan fingerprint density at radius 3 is 2.25 bits per heavy atom. The molecule has 0 radical (unpaired) electrons. The molecule has 0 saturated heterocycles. The Bertz CT molecular complexity index is 816. The Kier molecular flexibility index (Phi) is 7.44. The number of hydrogen-bond acceptors (Lipinski definition) is 4. The predicted octanol–water partition coefficient (Wildman–Crippen LogP) is 3.42. The van der Waals surface area contributed by atoms with Crippen LogP contribution in [0.15, 0.2) is 42.5 Å². The standard InChI is InChI=1S/C22H28N2O4/c1-14(2)18-7-9-19(10-8-18)28-17(5)22(26)24-23-21(25)13-27-20-11-6-15(3)12-16(20)4/h6-12,14,17H,13H2,1-5H3,(H,23,25)(H,24,26). The van der Waals surface area contributed by atoms with Crippen LogP contribution in [0.2, 0.25) is 0 Å². The lowest BCUT2D eigenvalue weighted by Gasteiger charge is -2.16. The van der Waals surface area contributed by atoms with Crippen LogP contribution in [0, 0.1) is 13.8 Å². The molecule has 0 bridgehead atoms. The van der Waals surface area contributed by atoms with Crippen molar-refractivity contribution >= 4 is 11.8 Å². The minimum Gasteiger partial charge on any atom is -0.483 e. The van der Waals surface area contributed by atoms with Crippen molar-refractivity contribution in [1.29, 1.82) is 0 Å². The van der Waals surface area contributed by atoms with Gasteiger partial charge in [0.05, 0.1) is 0 Å². The maximum absolute atomic E-state index is 12.1. The highest BCUT2D eigenvalue weighted by Crippen LogP contribution is 2.20. The first-order valence-electron chi connectivity index (χ1n) is 9.31. The average molecular weight is 384 g/mol. The first-order chi connectivity index (χ1) is 13.3. The normalized spacial score (nSPS) is 11.6. The van der Waals surface area contributed by atoms with Gasteiger partial charge in [-0.3, -0.25) is 20.4 Å². The van der Waals surface area contributed by atoms with Crippen LogP contribution >= 0.6 is 0 Å². The number of ether oxygens (including phenoxy) is 2. The lowest BCUT2D eigenvalue weighted by molar-refractivity contribution is -0.133. The highest BCUT2D eigenvalue weighted by molar-refractivity contribution is 5.85. The van der Waals surface area contributed by atoms with E-state index < -0.39 is 17.9 Å². The molecule has 2 aromatic carbocycles. The van der Waals surface area contributed by atoms with E-state index in [-0.39, 0.29) is 6.61 Å². The first kappa shape index (κ1) is 21.3. The molecule has 2 aromatic rings. The molecule has 28 heavy (non-hydrogen) atoms. The second-order valence-corrected chi connectivity index (χ2v) is 7.08. The summed E-state index contributed by atoms with van der Waals surface area (Å²) < 4.78 is 11.1. The zero-order valence-corrected chi connectivity index (χ0v) is 17.0. The number of hydrogen-bond donors (Lipinski definition) is 2. The molecule has 0 aromatic heterocycles. The van der Waals surface area contributed by atoms with Crippen molar-refractivity contribution in [3.63, 3.8) is 0 Å². The number of aryl methyl sites for hydroxylation is 2. The average Bonchev–Trinajstić information content (AvgIpc) is 2.65. The smallest absolute Gasteiger partial charge is 0.279 e. The van der Waals surface area contributed by atoms with Gasteiger partial charge in [-0.2, -0.15) is 0 Å². The summed E-state index contributed by atoms with van der Waals surface area (Å²) in [6, 6.07) is 13.3. The van der Waals surface area contributed by atoms with E-state index in [1.807, 2.05) is 56.3 Å². The van der Waals surface area contributed by atoms with Crippen LogP contribution in [-0.4, -0.2) is 24.5 Å². The van der Waals surface area contributed by atoms with Crippen LogP contribution in [0.1, 0.15) is 43.4 Å². The SMILES string of the molecule is Cc1ccc(OCC(=O)NNC(=O)C(C)Oc2ccc(C(C)C)cc2)c(C)c1. The summed E-state index contributed by atoms with van der Waals surface area (Å²) in [5.41, 5.74) is 7.94. The van der Waals surface area contributed by atoms with Crippen LogP contribution in [0.4, 0.5) is 0 Å². The molecule has 0 aliphatic rings. The fourth-order valence-electron chi connectivity index (χ4n) is 2.56. The second-order valence-electron chi connectivity index (χ2n) is 7.08. The number of benzene rings is 2. The summed E-state index contributed by atoms with van der Waals surface area (Å²) >= 11 is 0. The molecule has 2 amide bonds. The predicted molar refractivity (Wildman–Crippen MR) is 108 cm³/mol. The molecule has 0 aliphatic heterocycles. The van der Waals surface area contributed by atoms with Gasteiger partial charge in [0.15, 0.2) is 12.7 Å². The molecule has 0 aliphatic carbocycles. The third kappa shape index (κ3) is 6.30. The number of carbonyl (C=O) groups excluding carboxylic acids is 2. The molecule has 2 N–H and O–H groups in total. The zero-order valence-electron chi connectivity index (χ0n) is 17.0. The van der Waals surface area contributed by atoms with Gasteiger partial charge >= 0.3 is 0 Å². The largest absolute Gasteiger partial charge is 0.483 e. The Labute approximate surface area is 166 Å². The Hall–Kier alpha value is -3.02. The Morgan fingerprint density at radius 2 is 1.64 bits per heavy atom. The Balaban J connectivity index is 1.76. The maximum Gasteiger partial charge on any atom is 0.279 e. The Morgan fingerprint density at radius 1 is 0.964 bits per heavy atom. The quantitative estimate of drug-likeness (QED) is 0.717. The minimum atomic E-state index is -0.759. The lowest BCUT2D eigenvalue weighted by atomic mass is 10.0. The van der Waals surface area contributed by atoms with E-state index in [2.05, 4.69) is 24.7 Å². The van der Waals surface area contributed by atoms with E-state index in [4.69, 9.17) is 9.47 Å². The third-order valence-corrected chi connectivity index (χ3v) is 4.24. The van der Waals surface area contributed by atoms with Crippen LogP contribution in [-0.2, 0) is 9.59 Å². The zero-order chi connectivity index (χ0) is 20.7. The monoisotopic (exact) mass is 384 g/mol. The highest BCUT2D eigenvalue weighted by Gasteiger charge is 2.16. The summed E-state index contributed by atoms with van der Waals surface area (Å²) in [6.45, 7) is 9.53. The highest BCUT2D eigenvalue weighted by atomic mass is 16.5. The van der Waals surface area contributed by atoms with Crippen molar-refractivity contribution in [2.45, 2.75) is 46.6 Å². The van der Waals surface area contributed by atoms with Gasteiger partial charge < -0.3 is 9.47 Å². The first-order valence-corrected chi connectivity index (χ1v) is 9.31. The van der Waals surface area contributed by atoms with Gasteiger partial charge in [-0.1, -0.05) is 43.7 Å². The summed E-state index contributed by atoms with van der Waals surface area (Å²) in [4.78, 5) is 24.0. The van der Waals surface area contributed by atoms with Crippen molar-refractivity contribution in [2.75, 3.05) is 6.61 Å². The molecule has 6 nitrogen and oxygen atoms in total. The van der Waals surface area contributed by atoms with Gasteiger partial charge in [-0.15, -0.1) is 0 Å². The van der Waals surface area contributed by atoms with Crippen LogP contribution < -0.4 is 20.3 Å². The van der Waals surface area contributed by atoms with Gasteiger partial charge in [0, 0.05) is 0 Å². The summed E-state index contributed by atoms with van der Waals surface area (Å²) in [5, 5.41) is 0. The second kappa shape index (κ2) is 9.78. The molecule has 0 saturated carbocycles. The molecular weight excluding hydrogens is 356 g/mol. The number of rotatable bonds is 7. The van der Waals surface area contributed by atoms with E-state index in [0.29, 0.717) is 17.4 Å². The molecule has 0 heterocycles. The molecular formula is C22H28N2O4. The molecule has 150 valence electrons. The van der Waals surface area contributed by atoms with E-state index in [9.17, 15) is 9.59 Å². The van der Waals surface area contributed by atoms with E-state index >= 15 is 0 Å². The van der Waals surface area contributed by atoms with E-state index in [0.717, 1.165) is 11.1 Å². The van der Waals surface area contributed by atoms with Crippen LogP contribution in [0.5, 0.6) is 11.5 Å². The molecule has 1 atom stereocenters. The van der Waals surface area contributed by atoms with Crippen LogP contribution in [0.3, 0.4) is 0 Å². The summed E-state index contributed by atoms with van der Waals surface area (Å²) in [6.07, 6.45) is -0.759. The van der Waals surface area contributed by atoms with Gasteiger partial charge in [0.1, 0.15) is 11.5 Å². The minimum absolute atomic E-state index is 0.198. The van der Waals surface area contributed by atoms with E-state index in [1.54, 1.807) is 6.92 Å². The molecule has 0 fully saturated rings. The van der Waals surface area contributed by atoms with Crippen LogP contribution in [0.25, 0.3) is 0 Å². The fourth-order valence-corrected chi connectivity index (χ4v) is 2.56. The molecule has 2 rings (SSSR count). The summed E-state index contributed by atoms with van der Waals surface area (Å²) in [5.74, 6) is 0.746.